The van der Waals surface area contributed by atoms with Gasteiger partial charge in [0.15, 0.2) is 0 Å². The van der Waals surface area contributed by atoms with Crippen LogP contribution >= 0.6 is 11.3 Å². The second-order valence-electron chi connectivity index (χ2n) is 5.71. The Balaban J connectivity index is 1.75. The van der Waals surface area contributed by atoms with Gasteiger partial charge in [0.05, 0.1) is 5.69 Å². The first kappa shape index (κ1) is 14.9. The normalized spacial score (nSPS) is 18.3. The zero-order valence-electron chi connectivity index (χ0n) is 12.4. The first-order valence-electron chi connectivity index (χ1n) is 7.12. The summed E-state index contributed by atoms with van der Waals surface area (Å²) in [6.45, 7) is 5.56. The average Bonchev–Trinajstić information content (AvgIpc) is 2.80. The quantitative estimate of drug-likeness (QED) is 0.859. The SMILES string of the molecule is CNCc1nc(CN(C)CC2CCN(C)CC2)cs1. The molecular weight excluding hydrogens is 256 g/mol. The van der Waals surface area contributed by atoms with E-state index in [-0.39, 0.29) is 0 Å². The topological polar surface area (TPSA) is 31.4 Å². The highest BCUT2D eigenvalue weighted by Crippen LogP contribution is 2.18. The van der Waals surface area contributed by atoms with Crippen molar-refractivity contribution in [1.29, 1.82) is 0 Å². The Kier molecular flexibility index (Phi) is 5.76. The number of rotatable bonds is 6. The lowest BCUT2D eigenvalue weighted by Gasteiger charge is -2.31. The third-order valence-electron chi connectivity index (χ3n) is 3.77. The lowest BCUT2D eigenvalue weighted by Crippen LogP contribution is -2.35. The van der Waals surface area contributed by atoms with Crippen LogP contribution in [0.25, 0.3) is 0 Å². The van der Waals surface area contributed by atoms with Gasteiger partial charge in [0.1, 0.15) is 5.01 Å². The molecule has 1 fully saturated rings. The number of thiazole rings is 1. The summed E-state index contributed by atoms with van der Waals surface area (Å²) in [7, 11) is 6.40. The van der Waals surface area contributed by atoms with Crippen LogP contribution < -0.4 is 5.32 Å². The van der Waals surface area contributed by atoms with E-state index >= 15 is 0 Å². The smallest absolute Gasteiger partial charge is 0.107 e. The minimum Gasteiger partial charge on any atom is -0.314 e. The zero-order valence-corrected chi connectivity index (χ0v) is 13.2. The van der Waals surface area contributed by atoms with Gasteiger partial charge < -0.3 is 15.1 Å². The molecule has 1 aliphatic rings. The van der Waals surface area contributed by atoms with Gasteiger partial charge in [0, 0.05) is 25.0 Å². The molecule has 0 saturated carbocycles. The highest BCUT2D eigenvalue weighted by molar-refractivity contribution is 7.09. The van der Waals surface area contributed by atoms with Crippen molar-refractivity contribution in [2.75, 3.05) is 40.8 Å². The summed E-state index contributed by atoms with van der Waals surface area (Å²) in [6, 6.07) is 0. The molecule has 1 saturated heterocycles. The second-order valence-corrected chi connectivity index (χ2v) is 6.65. The molecule has 1 aromatic rings. The highest BCUT2D eigenvalue weighted by Gasteiger charge is 2.18. The van der Waals surface area contributed by atoms with E-state index in [0.717, 1.165) is 19.0 Å². The lowest BCUT2D eigenvalue weighted by molar-refractivity contribution is 0.173. The fraction of sp³-hybridized carbons (Fsp3) is 0.786. The van der Waals surface area contributed by atoms with Gasteiger partial charge in [-0.05, 0) is 53.0 Å². The van der Waals surface area contributed by atoms with Crippen LogP contribution in [0.4, 0.5) is 0 Å². The average molecular weight is 282 g/mol. The number of piperidine rings is 1. The van der Waals surface area contributed by atoms with Crippen LogP contribution in [0.5, 0.6) is 0 Å². The summed E-state index contributed by atoms with van der Waals surface area (Å²) in [5.74, 6) is 0.858. The molecule has 0 radical (unpaired) electrons. The van der Waals surface area contributed by atoms with Crippen molar-refractivity contribution in [2.24, 2.45) is 5.92 Å². The maximum absolute atomic E-state index is 4.65. The van der Waals surface area contributed by atoms with Crippen LogP contribution in [-0.4, -0.2) is 55.6 Å². The van der Waals surface area contributed by atoms with Crippen LogP contribution in [-0.2, 0) is 13.1 Å². The van der Waals surface area contributed by atoms with Gasteiger partial charge in [-0.2, -0.15) is 0 Å². The largest absolute Gasteiger partial charge is 0.314 e. The first-order chi connectivity index (χ1) is 9.17. The monoisotopic (exact) mass is 282 g/mol. The molecule has 4 nitrogen and oxygen atoms in total. The van der Waals surface area contributed by atoms with Gasteiger partial charge in [-0.1, -0.05) is 0 Å². The van der Waals surface area contributed by atoms with Crippen LogP contribution in [0.2, 0.25) is 0 Å². The van der Waals surface area contributed by atoms with Crippen LogP contribution in [0, 0.1) is 5.92 Å². The molecular formula is C14H26N4S. The molecule has 1 aliphatic heterocycles. The summed E-state index contributed by atoms with van der Waals surface area (Å²) < 4.78 is 0. The van der Waals surface area contributed by atoms with Crippen molar-refractivity contribution >= 4 is 11.3 Å². The molecule has 1 N–H and O–H groups in total. The maximum atomic E-state index is 4.65. The Morgan fingerprint density at radius 2 is 2.21 bits per heavy atom. The standard InChI is InChI=1S/C14H26N4S/c1-15-8-14-16-13(11-19-14)10-18(3)9-12-4-6-17(2)7-5-12/h11-12,15H,4-10H2,1-3H3. The molecule has 0 amide bonds. The van der Waals surface area contributed by atoms with Gasteiger partial charge in [-0.15, -0.1) is 11.3 Å². The van der Waals surface area contributed by atoms with Crippen LogP contribution in [0.1, 0.15) is 23.5 Å². The van der Waals surface area contributed by atoms with E-state index in [2.05, 4.69) is 39.6 Å². The van der Waals surface area contributed by atoms with Crippen molar-refractivity contribution < 1.29 is 0 Å². The lowest BCUT2D eigenvalue weighted by atomic mass is 9.97. The molecule has 108 valence electrons. The number of aromatic nitrogens is 1. The van der Waals surface area contributed by atoms with E-state index in [1.807, 2.05) is 7.05 Å². The predicted molar refractivity (Wildman–Crippen MR) is 81.4 cm³/mol. The molecule has 5 heteroatoms. The van der Waals surface area contributed by atoms with Gasteiger partial charge in [0.25, 0.3) is 0 Å². The van der Waals surface area contributed by atoms with E-state index in [1.165, 1.54) is 43.2 Å². The molecule has 0 aromatic carbocycles. The molecule has 2 rings (SSSR count). The maximum Gasteiger partial charge on any atom is 0.107 e. The molecule has 19 heavy (non-hydrogen) atoms. The van der Waals surface area contributed by atoms with Crippen molar-refractivity contribution in [3.05, 3.63) is 16.1 Å². The number of nitrogens with one attached hydrogen (secondary N) is 1. The van der Waals surface area contributed by atoms with E-state index in [9.17, 15) is 0 Å². The second kappa shape index (κ2) is 7.33. The fourth-order valence-electron chi connectivity index (χ4n) is 2.68. The molecule has 0 aliphatic carbocycles. The Morgan fingerprint density at radius 1 is 1.47 bits per heavy atom. The summed E-state index contributed by atoms with van der Waals surface area (Å²) in [4.78, 5) is 9.51. The molecule has 0 unspecified atom stereocenters. The Morgan fingerprint density at radius 3 is 2.89 bits per heavy atom. The van der Waals surface area contributed by atoms with E-state index in [1.54, 1.807) is 11.3 Å². The van der Waals surface area contributed by atoms with E-state index in [4.69, 9.17) is 0 Å². The van der Waals surface area contributed by atoms with Crippen LogP contribution in [0.15, 0.2) is 5.38 Å². The van der Waals surface area contributed by atoms with Gasteiger partial charge in [-0.3, -0.25) is 0 Å². The minimum absolute atomic E-state index is 0.858. The van der Waals surface area contributed by atoms with Gasteiger partial charge >= 0.3 is 0 Å². The molecule has 0 bridgehead atoms. The first-order valence-corrected chi connectivity index (χ1v) is 8.00. The summed E-state index contributed by atoms with van der Waals surface area (Å²) in [5.41, 5.74) is 1.21. The minimum atomic E-state index is 0.858. The Bertz CT molecular complexity index is 371. The zero-order chi connectivity index (χ0) is 13.7. The summed E-state index contributed by atoms with van der Waals surface area (Å²) in [5, 5.41) is 6.53. The number of likely N-dealkylation sites (tertiary alicyclic amines) is 1. The molecule has 0 atom stereocenters. The summed E-state index contributed by atoms with van der Waals surface area (Å²) in [6.07, 6.45) is 2.67. The Labute approximate surface area is 120 Å². The van der Waals surface area contributed by atoms with Crippen molar-refractivity contribution in [3.8, 4) is 0 Å². The summed E-state index contributed by atoms with van der Waals surface area (Å²) >= 11 is 1.76. The third kappa shape index (κ3) is 4.84. The fourth-order valence-corrected chi connectivity index (χ4v) is 3.48. The highest BCUT2D eigenvalue weighted by atomic mass is 32.1. The van der Waals surface area contributed by atoms with Gasteiger partial charge in [-0.25, -0.2) is 4.98 Å². The molecule has 2 heterocycles. The van der Waals surface area contributed by atoms with Crippen molar-refractivity contribution in [2.45, 2.75) is 25.9 Å². The van der Waals surface area contributed by atoms with E-state index < -0.39 is 0 Å². The molecule has 1 aromatic heterocycles. The van der Waals surface area contributed by atoms with Gasteiger partial charge in [0.2, 0.25) is 0 Å². The third-order valence-corrected chi connectivity index (χ3v) is 4.66. The van der Waals surface area contributed by atoms with E-state index in [0.29, 0.717) is 0 Å². The van der Waals surface area contributed by atoms with Crippen molar-refractivity contribution in [1.82, 2.24) is 20.1 Å². The number of hydrogen-bond acceptors (Lipinski definition) is 5. The van der Waals surface area contributed by atoms with Crippen LogP contribution in [0.3, 0.4) is 0 Å². The molecule has 0 spiro atoms. The number of nitrogens with zero attached hydrogens (tertiary/aromatic N) is 3. The number of hydrogen-bond donors (Lipinski definition) is 1. The predicted octanol–water partition coefficient (Wildman–Crippen LogP) is 1.64. The van der Waals surface area contributed by atoms with Crippen molar-refractivity contribution in [3.63, 3.8) is 0 Å². The Hall–Kier alpha value is -0.490.